The highest BCUT2D eigenvalue weighted by Gasteiger charge is 2.10. The first-order valence-electron chi connectivity index (χ1n) is 3.41. The van der Waals surface area contributed by atoms with Crippen molar-refractivity contribution in [3.63, 3.8) is 0 Å². The molecule has 0 spiro atoms. The molecule has 0 unspecified atom stereocenters. The van der Waals surface area contributed by atoms with Crippen LogP contribution in [0.15, 0.2) is 0 Å². The fourth-order valence-corrected chi connectivity index (χ4v) is 1.58. The van der Waals surface area contributed by atoms with Crippen LogP contribution in [0.2, 0.25) is 0 Å². The molecular formula is C7H13S. The van der Waals surface area contributed by atoms with Gasteiger partial charge in [0, 0.05) is 5.75 Å². The molecule has 1 rings (SSSR count). The van der Waals surface area contributed by atoms with Gasteiger partial charge in [-0.15, -0.1) is 0 Å². The number of rotatable bonds is 1. The molecule has 1 heteroatoms. The van der Waals surface area contributed by atoms with Gasteiger partial charge in [0.2, 0.25) is 0 Å². The first-order valence-corrected chi connectivity index (χ1v) is 3.92. The largest absolute Gasteiger partial charge is 0.174 e. The Morgan fingerprint density at radius 1 is 1.12 bits per heavy atom. The molecule has 1 fully saturated rings. The van der Waals surface area contributed by atoms with Crippen LogP contribution in [0.5, 0.6) is 0 Å². The van der Waals surface area contributed by atoms with E-state index in [-0.39, 0.29) is 0 Å². The van der Waals surface area contributed by atoms with E-state index in [1.165, 1.54) is 32.1 Å². The minimum Gasteiger partial charge on any atom is -0.174 e. The van der Waals surface area contributed by atoms with E-state index in [1.54, 1.807) is 0 Å². The van der Waals surface area contributed by atoms with Gasteiger partial charge in [-0.05, 0) is 18.8 Å². The Morgan fingerprint density at radius 2 is 1.75 bits per heavy atom. The van der Waals surface area contributed by atoms with Gasteiger partial charge in [-0.1, -0.05) is 19.3 Å². The third-order valence-corrected chi connectivity index (χ3v) is 2.28. The lowest BCUT2D eigenvalue weighted by molar-refractivity contribution is 0.412. The van der Waals surface area contributed by atoms with E-state index < -0.39 is 0 Å². The zero-order valence-electron chi connectivity index (χ0n) is 5.14. The summed E-state index contributed by atoms with van der Waals surface area (Å²) < 4.78 is 0. The molecule has 0 aliphatic heterocycles. The molecule has 0 aromatic heterocycles. The van der Waals surface area contributed by atoms with E-state index in [1.807, 2.05) is 0 Å². The normalized spacial score (nSPS) is 23.6. The number of hydrogen-bond acceptors (Lipinski definition) is 1. The highest BCUT2D eigenvalue weighted by atomic mass is 32.1. The Labute approximate surface area is 57.1 Å². The van der Waals surface area contributed by atoms with Crippen molar-refractivity contribution in [2.45, 2.75) is 32.1 Å². The topological polar surface area (TPSA) is 0 Å². The molecule has 1 aliphatic carbocycles. The Kier molecular flexibility index (Phi) is 2.74. The summed E-state index contributed by atoms with van der Waals surface area (Å²) in [4.78, 5) is 0. The zero-order chi connectivity index (χ0) is 5.82. The summed E-state index contributed by atoms with van der Waals surface area (Å²) in [5.41, 5.74) is 0. The summed E-state index contributed by atoms with van der Waals surface area (Å²) >= 11 is 4.14. The summed E-state index contributed by atoms with van der Waals surface area (Å²) in [7, 11) is 0. The molecule has 0 bridgehead atoms. The molecule has 0 saturated heterocycles. The third-order valence-electron chi connectivity index (χ3n) is 1.86. The highest BCUT2D eigenvalue weighted by Crippen LogP contribution is 2.26. The van der Waals surface area contributed by atoms with Gasteiger partial charge in [0.25, 0.3) is 0 Å². The van der Waals surface area contributed by atoms with Gasteiger partial charge < -0.3 is 0 Å². The fraction of sp³-hybridized carbons (Fsp3) is 0.857. The lowest BCUT2D eigenvalue weighted by Crippen LogP contribution is -2.03. The number of hydrogen-bond donors (Lipinski definition) is 1. The smallest absolute Gasteiger partial charge is 0.0164 e. The Bertz CT molecular complexity index is 55.4. The highest BCUT2D eigenvalue weighted by molar-refractivity contribution is 7.82. The molecule has 1 saturated carbocycles. The molecule has 0 N–H and O–H groups in total. The van der Waals surface area contributed by atoms with Crippen molar-refractivity contribution in [1.82, 2.24) is 0 Å². The van der Waals surface area contributed by atoms with Crippen LogP contribution in [0.1, 0.15) is 32.1 Å². The Morgan fingerprint density at radius 3 is 2.12 bits per heavy atom. The second kappa shape index (κ2) is 3.39. The molecule has 47 valence electrons. The Balaban J connectivity index is 2.13. The average molecular weight is 129 g/mol. The fourth-order valence-electron chi connectivity index (χ4n) is 1.28. The molecule has 0 aromatic carbocycles. The molecule has 1 radical (unpaired) electrons. The van der Waals surface area contributed by atoms with Crippen molar-refractivity contribution in [2.24, 2.45) is 5.92 Å². The monoisotopic (exact) mass is 129 g/mol. The second-order valence-corrected chi connectivity index (χ2v) is 2.85. The van der Waals surface area contributed by atoms with Crippen molar-refractivity contribution in [3.05, 3.63) is 5.75 Å². The van der Waals surface area contributed by atoms with Crippen LogP contribution in [0.4, 0.5) is 0 Å². The molecule has 1 aliphatic rings. The van der Waals surface area contributed by atoms with Gasteiger partial charge in [0.15, 0.2) is 0 Å². The minimum atomic E-state index is 0.826. The van der Waals surface area contributed by atoms with Crippen molar-refractivity contribution >= 4 is 12.6 Å². The van der Waals surface area contributed by atoms with Gasteiger partial charge in [0.1, 0.15) is 0 Å². The predicted molar refractivity (Wildman–Crippen MR) is 39.9 cm³/mol. The van der Waals surface area contributed by atoms with Crippen molar-refractivity contribution < 1.29 is 0 Å². The van der Waals surface area contributed by atoms with Gasteiger partial charge in [-0.25, -0.2) is 0 Å². The standard InChI is InChI=1S/C7H13S/c8-6-7-4-2-1-3-5-7/h6-8H,1-5H2. The van der Waals surface area contributed by atoms with Gasteiger partial charge in [-0.3, -0.25) is 0 Å². The molecule has 0 heterocycles. The lowest BCUT2D eigenvalue weighted by atomic mass is 9.91. The van der Waals surface area contributed by atoms with Gasteiger partial charge in [-0.2, -0.15) is 12.6 Å². The summed E-state index contributed by atoms with van der Waals surface area (Å²) in [5.74, 6) is 2.88. The van der Waals surface area contributed by atoms with Crippen LogP contribution in [0.3, 0.4) is 0 Å². The molecular weight excluding hydrogens is 116 g/mol. The van der Waals surface area contributed by atoms with Crippen LogP contribution < -0.4 is 0 Å². The average Bonchev–Trinajstić information content (AvgIpc) is 1.90. The SMILES string of the molecule is S[CH]C1CCCCC1. The quantitative estimate of drug-likeness (QED) is 0.517. The van der Waals surface area contributed by atoms with Crippen molar-refractivity contribution in [1.29, 1.82) is 0 Å². The van der Waals surface area contributed by atoms with E-state index in [2.05, 4.69) is 18.4 Å². The summed E-state index contributed by atoms with van der Waals surface area (Å²) in [6.07, 6.45) is 7.04. The maximum atomic E-state index is 4.14. The van der Waals surface area contributed by atoms with Gasteiger partial charge >= 0.3 is 0 Å². The van der Waals surface area contributed by atoms with E-state index in [9.17, 15) is 0 Å². The summed E-state index contributed by atoms with van der Waals surface area (Å²) in [6.45, 7) is 0. The van der Waals surface area contributed by atoms with E-state index in [0.717, 1.165) is 5.92 Å². The van der Waals surface area contributed by atoms with Crippen LogP contribution in [0.25, 0.3) is 0 Å². The van der Waals surface area contributed by atoms with E-state index >= 15 is 0 Å². The minimum absolute atomic E-state index is 0.826. The first-order chi connectivity index (χ1) is 3.93. The van der Waals surface area contributed by atoms with Crippen LogP contribution in [0, 0.1) is 11.7 Å². The lowest BCUT2D eigenvalue weighted by Gasteiger charge is -2.18. The second-order valence-electron chi connectivity index (χ2n) is 2.55. The van der Waals surface area contributed by atoms with Crippen molar-refractivity contribution in [3.8, 4) is 0 Å². The third kappa shape index (κ3) is 1.70. The van der Waals surface area contributed by atoms with Gasteiger partial charge in [0.05, 0.1) is 0 Å². The predicted octanol–water partition coefficient (Wildman–Crippen LogP) is 2.66. The zero-order valence-corrected chi connectivity index (χ0v) is 6.03. The van der Waals surface area contributed by atoms with E-state index in [4.69, 9.17) is 0 Å². The summed E-state index contributed by atoms with van der Waals surface area (Å²) in [5, 5.41) is 0. The molecule has 0 amide bonds. The molecule has 8 heavy (non-hydrogen) atoms. The number of thiol groups is 1. The van der Waals surface area contributed by atoms with E-state index in [0.29, 0.717) is 0 Å². The molecule has 0 atom stereocenters. The van der Waals surface area contributed by atoms with Crippen LogP contribution in [-0.4, -0.2) is 0 Å². The Hall–Kier alpha value is 0.350. The van der Waals surface area contributed by atoms with Crippen LogP contribution >= 0.6 is 12.6 Å². The molecule has 0 nitrogen and oxygen atoms in total. The summed E-state index contributed by atoms with van der Waals surface area (Å²) in [6, 6.07) is 0. The maximum Gasteiger partial charge on any atom is 0.0164 e. The first kappa shape index (κ1) is 6.47. The maximum absolute atomic E-state index is 4.14. The van der Waals surface area contributed by atoms with Crippen molar-refractivity contribution in [2.75, 3.05) is 0 Å². The van der Waals surface area contributed by atoms with Crippen LogP contribution in [-0.2, 0) is 0 Å². The molecule has 0 aromatic rings.